The number of benzene rings is 1. The van der Waals surface area contributed by atoms with Crippen molar-refractivity contribution in [2.45, 2.75) is 27.2 Å². The standard InChI is InChI=1S/C23H28N2O8S/c1-5-30-15-7-9-16(10-8-15)32-12-11-18(27)33-13-17(26)25-22-19(23(29)31-6-2)14(3)20(34-22)21(28)24-4/h7-10H,5-6,11-13H2,1-4H3,(H,24,28)(H,25,26). The molecule has 10 nitrogen and oxygen atoms in total. The van der Waals surface area contributed by atoms with E-state index in [1.165, 1.54) is 7.05 Å². The van der Waals surface area contributed by atoms with Gasteiger partial charge in [0.2, 0.25) is 0 Å². The molecule has 1 aromatic carbocycles. The predicted octanol–water partition coefficient (Wildman–Crippen LogP) is 2.94. The van der Waals surface area contributed by atoms with E-state index in [-0.39, 0.29) is 35.1 Å². The number of ether oxygens (including phenoxy) is 4. The number of hydrogen-bond donors (Lipinski definition) is 2. The van der Waals surface area contributed by atoms with Gasteiger partial charge in [-0.25, -0.2) is 4.79 Å². The van der Waals surface area contributed by atoms with Crippen LogP contribution in [-0.2, 0) is 19.1 Å². The largest absolute Gasteiger partial charge is 0.494 e. The van der Waals surface area contributed by atoms with E-state index in [4.69, 9.17) is 18.9 Å². The summed E-state index contributed by atoms with van der Waals surface area (Å²) in [4.78, 5) is 48.9. The third-order valence-corrected chi connectivity index (χ3v) is 5.59. The number of thiophene rings is 1. The first kappa shape index (κ1) is 26.7. The first-order valence-electron chi connectivity index (χ1n) is 10.6. The van der Waals surface area contributed by atoms with Gasteiger partial charge >= 0.3 is 11.9 Å². The molecule has 1 aromatic heterocycles. The first-order chi connectivity index (χ1) is 16.3. The summed E-state index contributed by atoms with van der Waals surface area (Å²) in [6, 6.07) is 6.96. The van der Waals surface area contributed by atoms with Gasteiger partial charge in [-0.05, 0) is 50.6 Å². The lowest BCUT2D eigenvalue weighted by Crippen LogP contribution is -2.22. The molecule has 0 spiro atoms. The quantitative estimate of drug-likeness (QED) is 0.433. The van der Waals surface area contributed by atoms with Crippen LogP contribution < -0.4 is 20.1 Å². The molecule has 11 heteroatoms. The summed E-state index contributed by atoms with van der Waals surface area (Å²) < 4.78 is 20.8. The lowest BCUT2D eigenvalue weighted by atomic mass is 10.1. The van der Waals surface area contributed by atoms with Crippen molar-refractivity contribution < 1.29 is 38.1 Å². The summed E-state index contributed by atoms with van der Waals surface area (Å²) in [5, 5.41) is 5.15. The SMILES string of the molecule is CCOC(=O)c1c(NC(=O)COC(=O)CCOc2ccc(OCC)cc2)sc(C(=O)NC)c1C. The van der Waals surface area contributed by atoms with Gasteiger partial charge in [-0.15, -0.1) is 11.3 Å². The summed E-state index contributed by atoms with van der Waals surface area (Å²) in [6.45, 7) is 5.33. The second-order valence-corrected chi connectivity index (χ2v) is 7.79. The lowest BCUT2D eigenvalue weighted by Gasteiger charge is -2.09. The highest BCUT2D eigenvalue weighted by Gasteiger charge is 2.26. The Morgan fingerprint density at radius 2 is 1.59 bits per heavy atom. The molecule has 2 aromatic rings. The molecule has 0 saturated carbocycles. The second kappa shape index (κ2) is 13.2. The summed E-state index contributed by atoms with van der Waals surface area (Å²) in [5.74, 6) is -1.05. The highest BCUT2D eigenvalue weighted by Crippen LogP contribution is 2.33. The molecular weight excluding hydrogens is 464 g/mol. The molecule has 2 rings (SSSR count). The summed E-state index contributed by atoms with van der Waals surface area (Å²) in [6.07, 6.45) is -0.0620. The fraction of sp³-hybridized carbons (Fsp3) is 0.391. The fourth-order valence-corrected chi connectivity index (χ4v) is 3.97. The molecule has 0 aliphatic rings. The first-order valence-corrected chi connectivity index (χ1v) is 11.5. The Morgan fingerprint density at radius 1 is 0.941 bits per heavy atom. The molecule has 0 bridgehead atoms. The topological polar surface area (TPSA) is 129 Å². The molecular formula is C23H28N2O8S. The van der Waals surface area contributed by atoms with Gasteiger partial charge in [0.25, 0.3) is 11.8 Å². The van der Waals surface area contributed by atoms with Crippen molar-refractivity contribution in [3.05, 3.63) is 40.3 Å². The van der Waals surface area contributed by atoms with Gasteiger partial charge in [-0.1, -0.05) is 0 Å². The molecule has 184 valence electrons. The maximum absolute atomic E-state index is 12.3. The summed E-state index contributed by atoms with van der Waals surface area (Å²) >= 11 is 0.937. The molecule has 0 saturated heterocycles. The number of esters is 2. The molecule has 1 heterocycles. The molecule has 0 fully saturated rings. The monoisotopic (exact) mass is 492 g/mol. The molecule has 2 amide bonds. The van der Waals surface area contributed by atoms with Gasteiger partial charge in [-0.3, -0.25) is 14.4 Å². The van der Waals surface area contributed by atoms with E-state index < -0.39 is 30.4 Å². The van der Waals surface area contributed by atoms with Crippen molar-refractivity contribution in [3.63, 3.8) is 0 Å². The van der Waals surface area contributed by atoms with E-state index in [0.29, 0.717) is 17.9 Å². The molecule has 0 aliphatic heterocycles. The van der Waals surface area contributed by atoms with E-state index in [2.05, 4.69) is 10.6 Å². The van der Waals surface area contributed by atoms with Crippen LogP contribution in [0.4, 0.5) is 5.00 Å². The number of amides is 2. The molecule has 0 unspecified atom stereocenters. The Hall–Kier alpha value is -3.60. The van der Waals surface area contributed by atoms with E-state index in [1.54, 1.807) is 38.1 Å². The average Bonchev–Trinajstić information content (AvgIpc) is 3.14. The van der Waals surface area contributed by atoms with Crippen molar-refractivity contribution in [3.8, 4) is 11.5 Å². The zero-order valence-electron chi connectivity index (χ0n) is 19.5. The Morgan fingerprint density at radius 3 is 2.18 bits per heavy atom. The van der Waals surface area contributed by atoms with E-state index >= 15 is 0 Å². The number of carbonyl (C=O) groups is 4. The maximum Gasteiger partial charge on any atom is 0.341 e. The third-order valence-electron chi connectivity index (χ3n) is 4.39. The highest BCUT2D eigenvalue weighted by molar-refractivity contribution is 7.18. The minimum atomic E-state index is -0.662. The van der Waals surface area contributed by atoms with Crippen molar-refractivity contribution in [2.75, 3.05) is 38.8 Å². The Bertz CT molecular complexity index is 1020. The van der Waals surface area contributed by atoms with Crippen LogP contribution in [0.15, 0.2) is 24.3 Å². The van der Waals surface area contributed by atoms with Crippen LogP contribution in [-0.4, -0.2) is 57.2 Å². The average molecular weight is 493 g/mol. The van der Waals surface area contributed by atoms with Gasteiger partial charge in [0.05, 0.1) is 36.7 Å². The van der Waals surface area contributed by atoms with Crippen LogP contribution in [0.25, 0.3) is 0 Å². The van der Waals surface area contributed by atoms with Gasteiger partial charge < -0.3 is 29.6 Å². The Kier molecular flexibility index (Phi) is 10.3. The molecule has 0 aliphatic carbocycles. The highest BCUT2D eigenvalue weighted by atomic mass is 32.1. The van der Waals surface area contributed by atoms with Crippen molar-refractivity contribution >= 4 is 40.1 Å². The fourth-order valence-electron chi connectivity index (χ4n) is 2.81. The maximum atomic E-state index is 12.3. The minimum Gasteiger partial charge on any atom is -0.494 e. The Labute approximate surface area is 201 Å². The molecule has 2 N–H and O–H groups in total. The van der Waals surface area contributed by atoms with E-state index in [9.17, 15) is 19.2 Å². The summed E-state index contributed by atoms with van der Waals surface area (Å²) in [7, 11) is 1.46. The molecule has 0 atom stereocenters. The normalized spacial score (nSPS) is 10.2. The summed E-state index contributed by atoms with van der Waals surface area (Å²) in [5.41, 5.74) is 0.482. The van der Waals surface area contributed by atoms with E-state index in [0.717, 1.165) is 17.1 Å². The van der Waals surface area contributed by atoms with Gasteiger partial charge in [0, 0.05) is 7.05 Å². The van der Waals surface area contributed by atoms with Crippen LogP contribution in [0.2, 0.25) is 0 Å². The number of nitrogens with one attached hydrogen (secondary N) is 2. The Balaban J connectivity index is 1.88. The van der Waals surface area contributed by atoms with Crippen LogP contribution in [0.5, 0.6) is 11.5 Å². The zero-order chi connectivity index (χ0) is 25.1. The van der Waals surface area contributed by atoms with Crippen LogP contribution >= 0.6 is 11.3 Å². The number of carbonyl (C=O) groups excluding carboxylic acids is 4. The van der Waals surface area contributed by atoms with Gasteiger partial charge in [0.1, 0.15) is 16.5 Å². The third kappa shape index (κ3) is 7.48. The number of rotatable bonds is 12. The van der Waals surface area contributed by atoms with Crippen LogP contribution in [0, 0.1) is 6.92 Å². The zero-order valence-corrected chi connectivity index (χ0v) is 20.3. The minimum absolute atomic E-state index is 0.0620. The molecule has 34 heavy (non-hydrogen) atoms. The predicted molar refractivity (Wildman–Crippen MR) is 126 cm³/mol. The number of anilines is 1. The lowest BCUT2D eigenvalue weighted by molar-refractivity contribution is -0.147. The van der Waals surface area contributed by atoms with Crippen LogP contribution in [0.1, 0.15) is 45.9 Å². The van der Waals surface area contributed by atoms with Crippen molar-refractivity contribution in [1.29, 1.82) is 0 Å². The van der Waals surface area contributed by atoms with Crippen molar-refractivity contribution in [1.82, 2.24) is 5.32 Å². The number of hydrogen-bond acceptors (Lipinski definition) is 9. The second-order valence-electron chi connectivity index (χ2n) is 6.77. The van der Waals surface area contributed by atoms with Crippen molar-refractivity contribution in [2.24, 2.45) is 0 Å². The van der Waals surface area contributed by atoms with Gasteiger partial charge in [-0.2, -0.15) is 0 Å². The molecule has 0 radical (unpaired) electrons. The smallest absolute Gasteiger partial charge is 0.341 e. The van der Waals surface area contributed by atoms with Gasteiger partial charge in [0.15, 0.2) is 6.61 Å². The van der Waals surface area contributed by atoms with E-state index in [1.807, 2.05) is 6.92 Å². The van der Waals surface area contributed by atoms with Crippen LogP contribution in [0.3, 0.4) is 0 Å².